The molecule has 0 unspecified atom stereocenters. The Morgan fingerprint density at radius 2 is 1.49 bits per heavy atom. The molecule has 0 aliphatic carbocycles. The highest BCUT2D eigenvalue weighted by molar-refractivity contribution is 5.94. The molecule has 2 aliphatic rings. The van der Waals surface area contributed by atoms with Crippen molar-refractivity contribution in [3.63, 3.8) is 0 Å². The molecule has 0 bridgehead atoms. The van der Waals surface area contributed by atoms with Gasteiger partial charge in [-0.1, -0.05) is 30.3 Å². The van der Waals surface area contributed by atoms with E-state index in [0.29, 0.717) is 56.7 Å². The van der Waals surface area contributed by atoms with Gasteiger partial charge in [-0.05, 0) is 53.1 Å². The minimum atomic E-state index is -4.35. The molecule has 2 amide bonds. The van der Waals surface area contributed by atoms with Crippen LogP contribution in [-0.4, -0.2) is 57.2 Å². The normalized spacial score (nSPS) is 17.0. The van der Waals surface area contributed by atoms with E-state index in [1.165, 1.54) is 24.3 Å². The van der Waals surface area contributed by atoms with Crippen LogP contribution >= 0.6 is 0 Å². The van der Waals surface area contributed by atoms with E-state index >= 15 is 0 Å². The monoisotopic (exact) mass is 569 g/mol. The highest BCUT2D eigenvalue weighted by Gasteiger charge is 2.46. The van der Waals surface area contributed by atoms with E-state index in [9.17, 15) is 33.0 Å². The molecule has 8 nitrogen and oxygen atoms in total. The van der Waals surface area contributed by atoms with Gasteiger partial charge < -0.3 is 20.3 Å². The number of alkyl halides is 3. The molecule has 41 heavy (non-hydrogen) atoms. The number of hydrogen-bond donors (Lipinski definition) is 3. The fraction of sp³-hybridized carbons (Fsp3) is 0.333. The molecule has 0 saturated carbocycles. The molecule has 5 rings (SSSR count). The summed E-state index contributed by atoms with van der Waals surface area (Å²) in [6.07, 6.45) is -3.48. The van der Waals surface area contributed by atoms with Crippen LogP contribution in [0.15, 0.2) is 66.7 Å². The summed E-state index contributed by atoms with van der Waals surface area (Å²) < 4.78 is 44.3. The summed E-state index contributed by atoms with van der Waals surface area (Å²) in [7, 11) is 0. The number of piperidine rings is 1. The summed E-state index contributed by atoms with van der Waals surface area (Å²) in [5.41, 5.74) is 1.47. The van der Waals surface area contributed by atoms with Crippen molar-refractivity contribution in [1.82, 2.24) is 15.1 Å². The lowest BCUT2D eigenvalue weighted by Gasteiger charge is -2.37. The molecular formula is C30H30F3N3O5. The predicted molar refractivity (Wildman–Crippen MR) is 143 cm³/mol. The van der Waals surface area contributed by atoms with Crippen LogP contribution in [0.3, 0.4) is 0 Å². The second-order valence-electron chi connectivity index (χ2n) is 10.6. The van der Waals surface area contributed by atoms with Crippen LogP contribution in [0, 0.1) is 0 Å². The molecule has 11 heteroatoms. The third-order valence-corrected chi connectivity index (χ3v) is 7.58. The van der Waals surface area contributed by atoms with Gasteiger partial charge in [0.25, 0.3) is 5.91 Å². The second-order valence-corrected chi connectivity index (χ2v) is 10.6. The third kappa shape index (κ3) is 6.74. The van der Waals surface area contributed by atoms with Crippen molar-refractivity contribution in [2.45, 2.75) is 44.3 Å². The smallest absolute Gasteiger partial charge is 0.416 e. The van der Waals surface area contributed by atoms with Gasteiger partial charge >= 0.3 is 12.3 Å². The summed E-state index contributed by atoms with van der Waals surface area (Å²) >= 11 is 0. The minimum Gasteiger partial charge on any atom is -0.504 e. The van der Waals surface area contributed by atoms with Crippen molar-refractivity contribution in [2.75, 3.05) is 19.6 Å². The number of carbonyl (C=O) groups is 2. The zero-order valence-corrected chi connectivity index (χ0v) is 22.2. The summed E-state index contributed by atoms with van der Waals surface area (Å²) in [6, 6.07) is 16.5. The maximum Gasteiger partial charge on any atom is 0.416 e. The predicted octanol–water partition coefficient (Wildman–Crippen LogP) is 5.03. The summed E-state index contributed by atoms with van der Waals surface area (Å²) in [5, 5.41) is 21.8. The third-order valence-electron chi connectivity index (χ3n) is 7.58. The maximum atomic E-state index is 12.8. The van der Waals surface area contributed by atoms with Crippen molar-refractivity contribution in [2.24, 2.45) is 0 Å². The van der Waals surface area contributed by atoms with Crippen molar-refractivity contribution < 1.29 is 37.7 Å². The average molecular weight is 570 g/mol. The van der Waals surface area contributed by atoms with Crippen LogP contribution < -0.4 is 5.32 Å². The molecule has 2 aliphatic heterocycles. The number of ether oxygens (including phenoxy) is 1. The highest BCUT2D eigenvalue weighted by atomic mass is 19.4. The van der Waals surface area contributed by atoms with Crippen LogP contribution in [-0.2, 0) is 30.5 Å². The van der Waals surface area contributed by atoms with Gasteiger partial charge in [0.1, 0.15) is 5.60 Å². The van der Waals surface area contributed by atoms with Crippen molar-refractivity contribution in [1.29, 1.82) is 0 Å². The lowest BCUT2D eigenvalue weighted by Crippen LogP contribution is -2.46. The van der Waals surface area contributed by atoms with E-state index in [1.54, 1.807) is 35.2 Å². The van der Waals surface area contributed by atoms with Gasteiger partial charge in [0.15, 0.2) is 11.5 Å². The van der Waals surface area contributed by atoms with Crippen molar-refractivity contribution >= 4 is 12.0 Å². The number of benzene rings is 3. The molecule has 2 fully saturated rings. The van der Waals surface area contributed by atoms with Crippen LogP contribution in [0.1, 0.15) is 45.5 Å². The Morgan fingerprint density at radius 1 is 0.878 bits per heavy atom. The van der Waals surface area contributed by atoms with Crippen molar-refractivity contribution in [3.8, 4) is 11.5 Å². The van der Waals surface area contributed by atoms with Gasteiger partial charge in [0.2, 0.25) is 0 Å². The quantitative estimate of drug-likeness (QED) is 0.345. The number of carbonyl (C=O) groups excluding carboxylic acids is 2. The number of nitrogens with one attached hydrogen (secondary N) is 1. The number of nitrogens with zero attached hydrogens (tertiary/aromatic N) is 2. The maximum absolute atomic E-state index is 12.8. The number of likely N-dealkylation sites (tertiary alicyclic amines) is 1. The number of hydrogen-bond acceptors (Lipinski definition) is 6. The molecule has 2 saturated heterocycles. The molecule has 0 atom stereocenters. The molecule has 0 aromatic heterocycles. The van der Waals surface area contributed by atoms with Gasteiger partial charge in [-0.2, -0.15) is 13.2 Å². The molecule has 3 aromatic carbocycles. The number of amides is 2. The number of aromatic hydroxyl groups is 2. The summed E-state index contributed by atoms with van der Waals surface area (Å²) in [5.74, 6) is -0.788. The first-order valence-electron chi connectivity index (χ1n) is 13.2. The molecular weight excluding hydrogens is 539 g/mol. The Kier molecular flexibility index (Phi) is 7.81. The Morgan fingerprint density at radius 3 is 2.12 bits per heavy atom. The lowest BCUT2D eigenvalue weighted by atomic mass is 9.91. The van der Waals surface area contributed by atoms with Gasteiger partial charge in [-0.3, -0.25) is 14.6 Å². The van der Waals surface area contributed by atoms with Gasteiger partial charge in [0.05, 0.1) is 12.1 Å². The SMILES string of the molecule is O=C(NCc1ccc(O)c(O)c1)c1ccc(CN2CC3(CCN(Cc4ccc(C(F)(F)F)cc4)CC3)OC2=O)cc1. The van der Waals surface area contributed by atoms with E-state index < -0.39 is 17.3 Å². The summed E-state index contributed by atoms with van der Waals surface area (Å²) in [6.45, 7) is 2.82. The number of rotatable bonds is 7. The topological polar surface area (TPSA) is 102 Å². The van der Waals surface area contributed by atoms with Gasteiger partial charge in [-0.25, -0.2) is 4.79 Å². The Bertz CT molecular complexity index is 1400. The number of phenols is 2. The molecule has 3 N–H and O–H groups in total. The van der Waals surface area contributed by atoms with E-state index in [-0.39, 0.29) is 30.0 Å². The largest absolute Gasteiger partial charge is 0.504 e. The van der Waals surface area contributed by atoms with E-state index in [1.807, 2.05) is 0 Å². The fourth-order valence-corrected chi connectivity index (χ4v) is 5.20. The molecule has 3 aromatic rings. The van der Waals surface area contributed by atoms with E-state index in [0.717, 1.165) is 23.3 Å². The minimum absolute atomic E-state index is 0.178. The van der Waals surface area contributed by atoms with Crippen LogP contribution in [0.2, 0.25) is 0 Å². The van der Waals surface area contributed by atoms with E-state index in [4.69, 9.17) is 4.74 Å². The molecule has 0 radical (unpaired) electrons. The van der Waals surface area contributed by atoms with Crippen LogP contribution in [0.4, 0.5) is 18.0 Å². The van der Waals surface area contributed by atoms with Crippen molar-refractivity contribution in [3.05, 3.63) is 94.5 Å². The zero-order valence-electron chi connectivity index (χ0n) is 22.2. The Balaban J connectivity index is 1.10. The van der Waals surface area contributed by atoms with Gasteiger partial charge in [-0.15, -0.1) is 0 Å². The average Bonchev–Trinajstić information content (AvgIpc) is 3.24. The first-order chi connectivity index (χ1) is 19.5. The Labute approximate surface area is 235 Å². The number of halogens is 3. The zero-order chi connectivity index (χ0) is 29.2. The molecule has 2 heterocycles. The number of phenolic OH excluding ortho intramolecular Hbond substituents is 2. The van der Waals surface area contributed by atoms with Crippen LogP contribution in [0.5, 0.6) is 11.5 Å². The lowest BCUT2D eigenvalue weighted by molar-refractivity contribution is -0.137. The molecule has 216 valence electrons. The first kappa shape index (κ1) is 28.3. The standard InChI is InChI=1S/C30H30F3N3O5/c31-30(32,33)24-8-3-20(4-9-24)17-35-13-11-29(12-14-35)19-36(28(40)41-29)18-21-1-6-23(7-2-21)27(39)34-16-22-5-10-25(37)26(38)15-22/h1-10,15,37-38H,11-14,16-19H2,(H,34,39). The van der Waals surface area contributed by atoms with Gasteiger partial charge in [0, 0.05) is 51.1 Å². The fourth-order valence-electron chi connectivity index (χ4n) is 5.20. The van der Waals surface area contributed by atoms with E-state index in [2.05, 4.69) is 10.2 Å². The first-order valence-corrected chi connectivity index (χ1v) is 13.2. The Hall–Kier alpha value is -4.25. The van der Waals surface area contributed by atoms with Crippen LogP contribution in [0.25, 0.3) is 0 Å². The summed E-state index contributed by atoms with van der Waals surface area (Å²) in [4.78, 5) is 29.0. The molecule has 1 spiro atoms. The highest BCUT2D eigenvalue weighted by Crippen LogP contribution is 2.35. The second kappa shape index (κ2) is 11.3.